The summed E-state index contributed by atoms with van der Waals surface area (Å²) in [6.45, 7) is 1.47. The van der Waals surface area contributed by atoms with Gasteiger partial charge in [-0.1, -0.05) is 6.07 Å². The second-order valence-corrected chi connectivity index (χ2v) is 10.4. The number of hydrogen-bond acceptors (Lipinski definition) is 10. The third kappa shape index (κ3) is 5.15. The molecule has 0 amide bonds. The number of aryl methyl sites for hydroxylation is 1. The third-order valence-corrected chi connectivity index (χ3v) is 7.81. The van der Waals surface area contributed by atoms with Gasteiger partial charge in [-0.25, -0.2) is 22.8 Å². The number of ether oxygens (including phenoxy) is 3. The number of benzene rings is 1. The maximum Gasteiger partial charge on any atom is 0.189 e. The molecule has 1 aromatic carbocycles. The predicted octanol–water partition coefficient (Wildman–Crippen LogP) is 2.31. The van der Waals surface area contributed by atoms with Gasteiger partial charge in [-0.3, -0.25) is 9.25 Å². The molecule has 0 fully saturated rings. The normalized spacial score (nSPS) is 13.4. The zero-order chi connectivity index (χ0) is 26.7. The van der Waals surface area contributed by atoms with Crippen LogP contribution in [0.4, 0.5) is 4.39 Å². The molecule has 0 aliphatic carbocycles. The van der Waals surface area contributed by atoms with Crippen LogP contribution in [-0.2, 0) is 27.4 Å². The smallest absolute Gasteiger partial charge is 0.189 e. The van der Waals surface area contributed by atoms with Crippen molar-refractivity contribution < 1.29 is 27.0 Å². The van der Waals surface area contributed by atoms with Gasteiger partial charge < -0.3 is 14.2 Å². The second-order valence-electron chi connectivity index (χ2n) is 8.09. The topological polar surface area (TPSA) is 136 Å². The van der Waals surface area contributed by atoms with Gasteiger partial charge in [0.2, 0.25) is 0 Å². The van der Waals surface area contributed by atoms with Crippen LogP contribution in [0.5, 0.6) is 11.5 Å². The van der Waals surface area contributed by atoms with Crippen molar-refractivity contribution in [3.8, 4) is 28.7 Å². The summed E-state index contributed by atoms with van der Waals surface area (Å²) in [5.74, 6) is 0.111. The Kier molecular flexibility index (Phi) is 7.50. The molecule has 0 saturated carbocycles. The van der Waals surface area contributed by atoms with Crippen molar-refractivity contribution in [2.75, 3.05) is 21.3 Å². The van der Waals surface area contributed by atoms with Gasteiger partial charge in [0.15, 0.2) is 33.1 Å². The van der Waals surface area contributed by atoms with Crippen LogP contribution >= 0.6 is 0 Å². The maximum absolute atomic E-state index is 13.6. The summed E-state index contributed by atoms with van der Waals surface area (Å²) in [6.07, 6.45) is 2.60. The molecular weight excluding hydrogens is 505 g/mol. The molecule has 0 spiro atoms. The van der Waals surface area contributed by atoms with Gasteiger partial charge >= 0.3 is 0 Å². The fraction of sp³-hybridized carbons (Fsp3) is 0.348. The molecule has 0 saturated heterocycles. The van der Waals surface area contributed by atoms with Crippen LogP contribution in [0, 0.1) is 5.82 Å². The van der Waals surface area contributed by atoms with Crippen molar-refractivity contribution >= 4 is 9.84 Å². The van der Waals surface area contributed by atoms with E-state index in [4.69, 9.17) is 14.2 Å². The van der Waals surface area contributed by atoms with E-state index in [1.165, 1.54) is 28.3 Å². The number of para-hydroxylation sites is 1. The van der Waals surface area contributed by atoms with E-state index in [2.05, 4.69) is 25.3 Å². The molecule has 196 valence electrons. The Bertz CT molecular complexity index is 1470. The quantitative estimate of drug-likeness (QED) is 0.300. The van der Waals surface area contributed by atoms with E-state index in [-0.39, 0.29) is 11.6 Å². The molecule has 12 nitrogen and oxygen atoms in total. The average molecular weight is 532 g/mol. The van der Waals surface area contributed by atoms with Crippen LogP contribution in [0.15, 0.2) is 42.9 Å². The number of rotatable bonds is 10. The largest absolute Gasteiger partial charge is 0.494 e. The van der Waals surface area contributed by atoms with Gasteiger partial charge in [0.25, 0.3) is 0 Å². The Balaban J connectivity index is 1.82. The monoisotopic (exact) mass is 531 g/mol. The maximum atomic E-state index is 13.6. The summed E-state index contributed by atoms with van der Waals surface area (Å²) in [4.78, 5) is 7.79. The van der Waals surface area contributed by atoms with Crippen LogP contribution < -0.4 is 9.47 Å². The average Bonchev–Trinajstić information content (AvgIpc) is 3.50. The highest BCUT2D eigenvalue weighted by molar-refractivity contribution is 7.91. The highest BCUT2D eigenvalue weighted by atomic mass is 32.2. The molecule has 14 heteroatoms. The summed E-state index contributed by atoms with van der Waals surface area (Å²) in [7, 11) is 2.13. The standard InChI is InChI=1S/C23H26FN7O5S/c1-14(21(36-5)22-25-11-15(24)12-26-22)37(32,33)13-19-27-28-23(16-9-10-30(2)29-16)31(19)20-17(34-3)7-6-8-18(20)35-4/h6-12,14,21H,13H2,1-5H3/t14-,21-/m1/s1. The molecule has 4 rings (SSSR count). The van der Waals surface area contributed by atoms with Crippen LogP contribution in [0.3, 0.4) is 0 Å². The molecule has 2 atom stereocenters. The highest BCUT2D eigenvalue weighted by Crippen LogP contribution is 2.37. The van der Waals surface area contributed by atoms with Crippen LogP contribution in [0.2, 0.25) is 0 Å². The van der Waals surface area contributed by atoms with Crippen LogP contribution in [0.1, 0.15) is 24.7 Å². The number of halogens is 1. The first-order valence-corrected chi connectivity index (χ1v) is 12.8. The van der Waals surface area contributed by atoms with Crippen molar-refractivity contribution in [1.29, 1.82) is 0 Å². The van der Waals surface area contributed by atoms with Crippen molar-refractivity contribution in [2.45, 2.75) is 24.0 Å². The van der Waals surface area contributed by atoms with Gasteiger partial charge in [0.05, 0.1) is 31.9 Å². The van der Waals surface area contributed by atoms with Gasteiger partial charge in [0.1, 0.15) is 34.7 Å². The van der Waals surface area contributed by atoms with Gasteiger partial charge in [0, 0.05) is 20.4 Å². The molecule has 3 aromatic heterocycles. The lowest BCUT2D eigenvalue weighted by molar-refractivity contribution is 0.0946. The van der Waals surface area contributed by atoms with E-state index < -0.39 is 32.8 Å². The summed E-state index contributed by atoms with van der Waals surface area (Å²) < 4.78 is 60.2. The minimum Gasteiger partial charge on any atom is -0.494 e. The van der Waals surface area contributed by atoms with Crippen molar-refractivity contribution in [2.24, 2.45) is 7.05 Å². The molecule has 0 radical (unpaired) electrons. The molecule has 0 aliphatic heterocycles. The van der Waals surface area contributed by atoms with E-state index in [1.54, 1.807) is 46.8 Å². The van der Waals surface area contributed by atoms with Crippen molar-refractivity contribution in [3.63, 3.8) is 0 Å². The predicted molar refractivity (Wildman–Crippen MR) is 130 cm³/mol. The fourth-order valence-corrected chi connectivity index (χ4v) is 5.29. The third-order valence-electron chi connectivity index (χ3n) is 5.77. The molecule has 4 aromatic rings. The molecule has 37 heavy (non-hydrogen) atoms. The zero-order valence-electron chi connectivity index (χ0n) is 20.9. The van der Waals surface area contributed by atoms with Crippen molar-refractivity contribution in [1.82, 2.24) is 34.5 Å². The summed E-state index contributed by atoms with van der Waals surface area (Å²) in [5, 5.41) is 11.8. The molecule has 0 N–H and O–H groups in total. The van der Waals surface area contributed by atoms with E-state index >= 15 is 0 Å². The SMILES string of the molecule is COc1cccc(OC)c1-n1c(CS(=O)(=O)[C@H](C)[C@@H](OC)c2ncc(F)cn2)nnc1-c1ccn(C)n1. The van der Waals surface area contributed by atoms with Crippen molar-refractivity contribution in [3.05, 3.63) is 60.3 Å². The Morgan fingerprint density at radius 3 is 2.22 bits per heavy atom. The summed E-state index contributed by atoms with van der Waals surface area (Å²) >= 11 is 0. The molecule has 0 aliphatic rings. The minimum atomic E-state index is -3.95. The van der Waals surface area contributed by atoms with Gasteiger partial charge in [-0.2, -0.15) is 5.10 Å². The first kappa shape index (κ1) is 26.2. The van der Waals surface area contributed by atoms with E-state index in [0.29, 0.717) is 28.7 Å². The first-order chi connectivity index (χ1) is 17.7. The lowest BCUT2D eigenvalue weighted by atomic mass is 10.2. The molecule has 3 heterocycles. The van der Waals surface area contributed by atoms with Gasteiger partial charge in [-0.05, 0) is 25.1 Å². The lowest BCUT2D eigenvalue weighted by Crippen LogP contribution is -2.30. The Labute approximate surface area is 213 Å². The first-order valence-electron chi connectivity index (χ1n) is 11.1. The number of methoxy groups -OCH3 is 3. The Hall–Kier alpha value is -3.91. The zero-order valence-corrected chi connectivity index (χ0v) is 21.7. The molecule has 0 unspecified atom stereocenters. The number of hydrogen-bond donors (Lipinski definition) is 0. The van der Waals surface area contributed by atoms with Crippen LogP contribution in [-0.4, -0.2) is 69.5 Å². The molecular formula is C23H26FN7O5S. The number of sulfone groups is 1. The summed E-state index contributed by atoms with van der Waals surface area (Å²) in [5.41, 5.74) is 0.885. The highest BCUT2D eigenvalue weighted by Gasteiger charge is 2.35. The minimum absolute atomic E-state index is 0.0435. The van der Waals surface area contributed by atoms with E-state index in [0.717, 1.165) is 12.4 Å². The Morgan fingerprint density at radius 2 is 1.68 bits per heavy atom. The fourth-order valence-electron chi connectivity index (χ4n) is 3.87. The summed E-state index contributed by atoms with van der Waals surface area (Å²) in [6, 6.07) is 6.91. The Morgan fingerprint density at radius 1 is 1.03 bits per heavy atom. The number of aromatic nitrogens is 7. The lowest BCUT2D eigenvalue weighted by Gasteiger charge is -2.22. The second kappa shape index (κ2) is 10.6. The van der Waals surface area contributed by atoms with Crippen LogP contribution in [0.25, 0.3) is 17.2 Å². The van der Waals surface area contributed by atoms with E-state index in [1.807, 2.05) is 0 Å². The number of nitrogens with zero attached hydrogens (tertiary/aromatic N) is 7. The van der Waals surface area contributed by atoms with E-state index in [9.17, 15) is 12.8 Å². The molecule has 0 bridgehead atoms. The van der Waals surface area contributed by atoms with Gasteiger partial charge in [-0.15, -0.1) is 10.2 Å².